The monoisotopic (exact) mass is 315 g/mol. The van der Waals surface area contributed by atoms with Crippen LogP contribution in [0.25, 0.3) is 0 Å². The third-order valence-corrected chi connectivity index (χ3v) is 3.57. The third-order valence-electron chi connectivity index (χ3n) is 3.57. The lowest BCUT2D eigenvalue weighted by Crippen LogP contribution is -2.16. The molecule has 124 valence electrons. The summed E-state index contributed by atoms with van der Waals surface area (Å²) in [6, 6.07) is 14.4. The summed E-state index contributed by atoms with van der Waals surface area (Å²) in [6.07, 6.45) is 1.01. The molecule has 0 spiro atoms. The molecule has 0 aliphatic carbocycles. The molecule has 0 aromatic heterocycles. The molecule has 4 heteroatoms. The van der Waals surface area contributed by atoms with Gasteiger partial charge in [0.15, 0.2) is 11.5 Å². The van der Waals surface area contributed by atoms with Crippen LogP contribution in [0.1, 0.15) is 18.1 Å². The molecule has 4 nitrogen and oxygen atoms in total. The van der Waals surface area contributed by atoms with Gasteiger partial charge in [0.25, 0.3) is 0 Å². The smallest absolute Gasteiger partial charge is 0.203 e. The zero-order valence-corrected chi connectivity index (χ0v) is 14.1. The lowest BCUT2D eigenvalue weighted by Gasteiger charge is -2.15. The lowest BCUT2D eigenvalue weighted by atomic mass is 10.1. The summed E-state index contributed by atoms with van der Waals surface area (Å²) in [5.74, 6) is 2.06. The van der Waals surface area contributed by atoms with E-state index < -0.39 is 0 Å². The normalized spacial score (nSPS) is 10.4. The van der Waals surface area contributed by atoms with Crippen LogP contribution in [0.15, 0.2) is 42.5 Å². The Hall–Kier alpha value is -2.20. The lowest BCUT2D eigenvalue weighted by molar-refractivity contribution is 0.288. The zero-order valence-electron chi connectivity index (χ0n) is 14.1. The Morgan fingerprint density at radius 2 is 1.57 bits per heavy atom. The summed E-state index contributed by atoms with van der Waals surface area (Å²) >= 11 is 0. The highest BCUT2D eigenvalue weighted by atomic mass is 16.5. The van der Waals surface area contributed by atoms with Crippen LogP contribution in [0.5, 0.6) is 17.2 Å². The Labute approximate surface area is 138 Å². The number of methoxy groups -OCH3 is 2. The van der Waals surface area contributed by atoms with E-state index in [1.807, 2.05) is 25.1 Å². The van der Waals surface area contributed by atoms with E-state index in [1.54, 1.807) is 14.2 Å². The van der Waals surface area contributed by atoms with Crippen LogP contribution in [0.4, 0.5) is 0 Å². The Balaban J connectivity index is 1.96. The van der Waals surface area contributed by atoms with Crippen molar-refractivity contribution in [2.24, 2.45) is 0 Å². The predicted molar refractivity (Wildman–Crippen MR) is 92.6 cm³/mol. The summed E-state index contributed by atoms with van der Waals surface area (Å²) in [7, 11) is 3.29. The Bertz CT molecular complexity index is 574. The fourth-order valence-electron chi connectivity index (χ4n) is 2.43. The van der Waals surface area contributed by atoms with Crippen molar-refractivity contribution in [3.05, 3.63) is 53.6 Å². The number of benzene rings is 2. The van der Waals surface area contributed by atoms with Crippen LogP contribution in [-0.2, 0) is 13.0 Å². The van der Waals surface area contributed by atoms with Crippen molar-refractivity contribution in [2.75, 3.05) is 27.4 Å². The molecule has 1 N–H and O–H groups in total. The van der Waals surface area contributed by atoms with E-state index in [0.717, 1.165) is 25.1 Å². The molecule has 2 rings (SSSR count). The molecular formula is C19H25NO3. The van der Waals surface area contributed by atoms with Crippen molar-refractivity contribution < 1.29 is 14.2 Å². The van der Waals surface area contributed by atoms with Crippen LogP contribution in [0.3, 0.4) is 0 Å². The summed E-state index contributed by atoms with van der Waals surface area (Å²) < 4.78 is 16.5. The number of hydrogen-bond donors (Lipinski definition) is 1. The van der Waals surface area contributed by atoms with E-state index in [0.29, 0.717) is 23.9 Å². The number of hydrogen-bond acceptors (Lipinski definition) is 4. The molecule has 0 aliphatic rings. The predicted octanol–water partition coefficient (Wildman–Crippen LogP) is 3.43. The first-order chi connectivity index (χ1) is 11.3. The van der Waals surface area contributed by atoms with Crippen LogP contribution in [0, 0.1) is 0 Å². The minimum Gasteiger partial charge on any atom is -0.493 e. The van der Waals surface area contributed by atoms with Gasteiger partial charge in [-0.15, -0.1) is 0 Å². The first kappa shape index (κ1) is 17.2. The number of ether oxygens (including phenoxy) is 3. The van der Waals surface area contributed by atoms with E-state index >= 15 is 0 Å². The summed E-state index contributed by atoms with van der Waals surface area (Å²) in [5.41, 5.74) is 2.44. The molecule has 0 atom stereocenters. The maximum absolute atomic E-state index is 5.62. The molecule has 23 heavy (non-hydrogen) atoms. The van der Waals surface area contributed by atoms with Crippen molar-refractivity contribution in [1.82, 2.24) is 5.32 Å². The van der Waals surface area contributed by atoms with Gasteiger partial charge in [0.2, 0.25) is 5.75 Å². The molecule has 0 radical (unpaired) electrons. The van der Waals surface area contributed by atoms with Gasteiger partial charge in [-0.2, -0.15) is 0 Å². The van der Waals surface area contributed by atoms with Gasteiger partial charge < -0.3 is 19.5 Å². The standard InChI is InChI=1S/C19H25NO3/c1-4-23-19-17(21-2)12-16(13-18(19)22-3)14-20-11-10-15-8-6-5-7-9-15/h5-9,12-13,20H,4,10-11,14H2,1-3H3. The first-order valence-electron chi connectivity index (χ1n) is 7.90. The molecule has 0 aliphatic heterocycles. The maximum atomic E-state index is 5.62. The highest BCUT2D eigenvalue weighted by Crippen LogP contribution is 2.38. The number of rotatable bonds is 9. The summed E-state index contributed by atoms with van der Waals surface area (Å²) in [5, 5.41) is 3.45. The van der Waals surface area contributed by atoms with E-state index in [2.05, 4.69) is 29.6 Å². The molecular weight excluding hydrogens is 290 g/mol. The van der Waals surface area contributed by atoms with E-state index in [9.17, 15) is 0 Å². The average molecular weight is 315 g/mol. The van der Waals surface area contributed by atoms with Gasteiger partial charge in [-0.25, -0.2) is 0 Å². The summed E-state index contributed by atoms with van der Waals surface area (Å²) in [6.45, 7) is 4.19. The first-order valence-corrected chi connectivity index (χ1v) is 7.90. The van der Waals surface area contributed by atoms with E-state index in [1.165, 1.54) is 5.56 Å². The van der Waals surface area contributed by atoms with Gasteiger partial charge in [0.1, 0.15) is 0 Å². The van der Waals surface area contributed by atoms with Crippen LogP contribution in [-0.4, -0.2) is 27.4 Å². The molecule has 2 aromatic carbocycles. The van der Waals surface area contributed by atoms with Gasteiger partial charge in [-0.1, -0.05) is 30.3 Å². The van der Waals surface area contributed by atoms with Crippen molar-refractivity contribution in [2.45, 2.75) is 19.9 Å². The second kappa shape index (κ2) is 9.06. The van der Waals surface area contributed by atoms with E-state index in [-0.39, 0.29) is 0 Å². The van der Waals surface area contributed by atoms with Gasteiger partial charge in [0, 0.05) is 6.54 Å². The SMILES string of the molecule is CCOc1c(OC)cc(CNCCc2ccccc2)cc1OC. The molecule has 0 heterocycles. The molecule has 0 fully saturated rings. The van der Waals surface area contributed by atoms with Crippen LogP contribution < -0.4 is 19.5 Å². The molecule has 0 unspecified atom stereocenters. The highest BCUT2D eigenvalue weighted by Gasteiger charge is 2.13. The van der Waals surface area contributed by atoms with Gasteiger partial charge in [-0.05, 0) is 43.1 Å². The minimum atomic E-state index is 0.571. The molecule has 0 saturated heterocycles. The summed E-state index contributed by atoms with van der Waals surface area (Å²) in [4.78, 5) is 0. The second-order valence-electron chi connectivity index (χ2n) is 5.17. The van der Waals surface area contributed by atoms with Gasteiger partial charge >= 0.3 is 0 Å². The van der Waals surface area contributed by atoms with E-state index in [4.69, 9.17) is 14.2 Å². The van der Waals surface area contributed by atoms with Crippen molar-refractivity contribution in [3.8, 4) is 17.2 Å². The quantitative estimate of drug-likeness (QED) is 0.720. The molecule has 0 amide bonds. The zero-order chi connectivity index (χ0) is 16.5. The second-order valence-corrected chi connectivity index (χ2v) is 5.17. The fraction of sp³-hybridized carbons (Fsp3) is 0.368. The van der Waals surface area contributed by atoms with Gasteiger partial charge in [-0.3, -0.25) is 0 Å². The number of nitrogens with one attached hydrogen (secondary N) is 1. The van der Waals surface area contributed by atoms with Crippen molar-refractivity contribution in [3.63, 3.8) is 0 Å². The van der Waals surface area contributed by atoms with Crippen LogP contribution in [0.2, 0.25) is 0 Å². The molecule has 2 aromatic rings. The molecule has 0 bridgehead atoms. The average Bonchev–Trinajstić information content (AvgIpc) is 2.60. The Kier molecular flexibility index (Phi) is 6.76. The molecule has 0 saturated carbocycles. The van der Waals surface area contributed by atoms with Crippen molar-refractivity contribution >= 4 is 0 Å². The van der Waals surface area contributed by atoms with Crippen molar-refractivity contribution in [1.29, 1.82) is 0 Å². The Morgan fingerprint density at radius 3 is 2.13 bits per heavy atom. The largest absolute Gasteiger partial charge is 0.493 e. The van der Waals surface area contributed by atoms with Crippen LogP contribution >= 0.6 is 0 Å². The highest BCUT2D eigenvalue weighted by molar-refractivity contribution is 5.53. The maximum Gasteiger partial charge on any atom is 0.203 e. The topological polar surface area (TPSA) is 39.7 Å². The third kappa shape index (κ3) is 4.89. The fourth-order valence-corrected chi connectivity index (χ4v) is 2.43. The van der Waals surface area contributed by atoms with Gasteiger partial charge in [0.05, 0.1) is 20.8 Å². The Morgan fingerprint density at radius 1 is 0.913 bits per heavy atom. The minimum absolute atomic E-state index is 0.571.